The number of hydrogen-bond acceptors (Lipinski definition) is 1. The van der Waals surface area contributed by atoms with Gasteiger partial charge >= 0.3 is 0 Å². The van der Waals surface area contributed by atoms with Gasteiger partial charge in [-0.2, -0.15) is 0 Å². The van der Waals surface area contributed by atoms with Crippen LogP contribution in [0.2, 0.25) is 0 Å². The number of unbranched alkanes of at least 4 members (excludes halogenated alkanes) is 1. The molecule has 0 aliphatic heterocycles. The summed E-state index contributed by atoms with van der Waals surface area (Å²) in [7, 11) is 0. The molecule has 0 aromatic heterocycles. The summed E-state index contributed by atoms with van der Waals surface area (Å²) in [5.74, 6) is 0. The maximum absolute atomic E-state index is 3.87. The number of hydrogen-bond donors (Lipinski definition) is 0. The molecule has 0 unspecified atom stereocenters. The van der Waals surface area contributed by atoms with E-state index in [-0.39, 0.29) is 0 Å². The zero-order valence-electron chi connectivity index (χ0n) is 11.6. The molecule has 0 aliphatic carbocycles. The highest BCUT2D eigenvalue weighted by Gasteiger charge is 2.06. The number of thioether (sulfide) groups is 1. The monoisotopic (exact) mass is 260 g/mol. The van der Waals surface area contributed by atoms with E-state index in [1.807, 2.05) is 17.8 Å². The lowest BCUT2D eigenvalue weighted by Gasteiger charge is -2.13. The van der Waals surface area contributed by atoms with Crippen LogP contribution in [-0.2, 0) is 0 Å². The molecule has 1 aromatic rings. The molecule has 0 saturated carbocycles. The van der Waals surface area contributed by atoms with Gasteiger partial charge in [0, 0.05) is 4.90 Å². The molecule has 0 amide bonds. The van der Waals surface area contributed by atoms with Crippen LogP contribution >= 0.6 is 11.8 Å². The predicted octanol–water partition coefficient (Wildman–Crippen LogP) is 6.21. The Balaban J connectivity index is 2.86. The largest absolute Gasteiger partial charge is 0.103 e. The minimum absolute atomic E-state index is 1.02. The molecule has 1 heteroatoms. The summed E-state index contributed by atoms with van der Waals surface area (Å²) < 4.78 is 0. The second-order valence-electron chi connectivity index (χ2n) is 4.39. The number of benzene rings is 1. The van der Waals surface area contributed by atoms with Crippen LogP contribution in [0.4, 0.5) is 0 Å². The van der Waals surface area contributed by atoms with Crippen molar-refractivity contribution in [2.75, 3.05) is 0 Å². The second kappa shape index (κ2) is 9.04. The first-order chi connectivity index (χ1) is 8.81. The molecule has 0 radical (unpaired) electrons. The number of rotatable bonds is 8. The van der Waals surface area contributed by atoms with E-state index in [0.29, 0.717) is 0 Å². The van der Waals surface area contributed by atoms with Crippen molar-refractivity contribution in [1.29, 1.82) is 0 Å². The topological polar surface area (TPSA) is 0 Å². The standard InChI is InChI=1S/C17H24S/c1-4-7-14-17(15(6-3)11-5-2)18-16-12-9-8-10-13-16/h5,8-10,12-13H,2,4,6-7,11,14H2,1,3H3/b17-15+. The fourth-order valence-electron chi connectivity index (χ4n) is 1.90. The van der Waals surface area contributed by atoms with Crippen molar-refractivity contribution >= 4 is 11.8 Å². The van der Waals surface area contributed by atoms with E-state index >= 15 is 0 Å². The van der Waals surface area contributed by atoms with E-state index < -0.39 is 0 Å². The molecule has 0 aliphatic rings. The van der Waals surface area contributed by atoms with Gasteiger partial charge in [-0.1, -0.05) is 61.9 Å². The first-order valence-electron chi connectivity index (χ1n) is 6.86. The Labute approximate surface area is 116 Å². The SMILES string of the molecule is C=CC/C(CC)=C(\CCCC)Sc1ccccc1. The highest BCUT2D eigenvalue weighted by atomic mass is 32.2. The van der Waals surface area contributed by atoms with Crippen LogP contribution < -0.4 is 0 Å². The van der Waals surface area contributed by atoms with Gasteiger partial charge < -0.3 is 0 Å². The first kappa shape index (κ1) is 15.1. The fourth-order valence-corrected chi connectivity index (χ4v) is 3.09. The van der Waals surface area contributed by atoms with Crippen molar-refractivity contribution in [1.82, 2.24) is 0 Å². The third kappa shape index (κ3) is 5.14. The molecule has 0 saturated heterocycles. The fraction of sp³-hybridized carbons (Fsp3) is 0.412. The molecule has 18 heavy (non-hydrogen) atoms. The van der Waals surface area contributed by atoms with Crippen LogP contribution in [-0.4, -0.2) is 0 Å². The zero-order valence-corrected chi connectivity index (χ0v) is 12.4. The maximum Gasteiger partial charge on any atom is 0.0119 e. The normalized spacial score (nSPS) is 12.1. The van der Waals surface area contributed by atoms with Gasteiger partial charge in [0.05, 0.1) is 0 Å². The number of allylic oxidation sites excluding steroid dienone is 3. The molecule has 98 valence electrons. The van der Waals surface area contributed by atoms with Gasteiger partial charge in [0.2, 0.25) is 0 Å². The van der Waals surface area contributed by atoms with Crippen LogP contribution in [0.1, 0.15) is 46.0 Å². The summed E-state index contributed by atoms with van der Waals surface area (Å²) >= 11 is 1.93. The minimum Gasteiger partial charge on any atom is -0.103 e. The van der Waals surface area contributed by atoms with Crippen LogP contribution in [0.5, 0.6) is 0 Å². The highest BCUT2D eigenvalue weighted by Crippen LogP contribution is 2.34. The Bertz CT molecular complexity index is 376. The van der Waals surface area contributed by atoms with Gasteiger partial charge in [-0.15, -0.1) is 6.58 Å². The van der Waals surface area contributed by atoms with E-state index in [2.05, 4.69) is 50.8 Å². The molecule has 0 spiro atoms. The second-order valence-corrected chi connectivity index (χ2v) is 5.56. The highest BCUT2D eigenvalue weighted by molar-refractivity contribution is 8.03. The molecule has 0 atom stereocenters. The summed E-state index contributed by atoms with van der Waals surface area (Å²) in [5.41, 5.74) is 1.55. The van der Waals surface area contributed by atoms with E-state index in [1.165, 1.54) is 24.2 Å². The quantitative estimate of drug-likeness (QED) is 0.395. The Morgan fingerprint density at radius 1 is 1.22 bits per heavy atom. The summed E-state index contributed by atoms with van der Waals surface area (Å²) in [6.07, 6.45) is 7.91. The smallest absolute Gasteiger partial charge is 0.0119 e. The molecular weight excluding hydrogens is 236 g/mol. The van der Waals surface area contributed by atoms with Crippen LogP contribution in [0, 0.1) is 0 Å². The first-order valence-corrected chi connectivity index (χ1v) is 7.68. The van der Waals surface area contributed by atoms with E-state index in [0.717, 1.165) is 12.8 Å². The molecule has 0 bridgehead atoms. The predicted molar refractivity (Wildman–Crippen MR) is 84.0 cm³/mol. The van der Waals surface area contributed by atoms with Crippen molar-refractivity contribution in [2.24, 2.45) is 0 Å². The van der Waals surface area contributed by atoms with Gasteiger partial charge in [-0.3, -0.25) is 0 Å². The Kier molecular flexibility index (Phi) is 7.59. The van der Waals surface area contributed by atoms with Crippen molar-refractivity contribution in [3.05, 3.63) is 53.5 Å². The Hall–Kier alpha value is -0.950. The average molecular weight is 260 g/mol. The zero-order chi connectivity index (χ0) is 13.2. The minimum atomic E-state index is 1.02. The van der Waals surface area contributed by atoms with Crippen molar-refractivity contribution in [3.8, 4) is 0 Å². The van der Waals surface area contributed by atoms with Gasteiger partial charge in [-0.05, 0) is 42.7 Å². The molecule has 0 fully saturated rings. The van der Waals surface area contributed by atoms with Gasteiger partial charge in [-0.25, -0.2) is 0 Å². The van der Waals surface area contributed by atoms with E-state index in [9.17, 15) is 0 Å². The third-order valence-electron chi connectivity index (χ3n) is 2.95. The van der Waals surface area contributed by atoms with Gasteiger partial charge in [0.15, 0.2) is 0 Å². The third-order valence-corrected chi connectivity index (χ3v) is 4.20. The van der Waals surface area contributed by atoms with E-state index in [4.69, 9.17) is 0 Å². The summed E-state index contributed by atoms with van der Waals surface area (Å²) in [5, 5.41) is 0. The lowest BCUT2D eigenvalue weighted by Crippen LogP contribution is -1.89. The lowest BCUT2D eigenvalue weighted by atomic mass is 10.1. The van der Waals surface area contributed by atoms with Crippen molar-refractivity contribution in [2.45, 2.75) is 50.8 Å². The van der Waals surface area contributed by atoms with Crippen LogP contribution in [0.25, 0.3) is 0 Å². The molecule has 0 heterocycles. The Morgan fingerprint density at radius 3 is 2.50 bits per heavy atom. The van der Waals surface area contributed by atoms with Crippen molar-refractivity contribution in [3.63, 3.8) is 0 Å². The summed E-state index contributed by atoms with van der Waals surface area (Å²) in [6, 6.07) is 10.7. The molecule has 0 N–H and O–H groups in total. The Morgan fingerprint density at radius 2 is 1.94 bits per heavy atom. The van der Waals surface area contributed by atoms with E-state index in [1.54, 1.807) is 10.5 Å². The average Bonchev–Trinajstić information content (AvgIpc) is 2.42. The van der Waals surface area contributed by atoms with Crippen LogP contribution in [0.15, 0.2) is 58.4 Å². The van der Waals surface area contributed by atoms with Crippen LogP contribution in [0.3, 0.4) is 0 Å². The van der Waals surface area contributed by atoms with Crippen molar-refractivity contribution < 1.29 is 0 Å². The summed E-state index contributed by atoms with van der Waals surface area (Å²) in [6.45, 7) is 8.37. The van der Waals surface area contributed by atoms with Gasteiger partial charge in [0.25, 0.3) is 0 Å². The molecule has 1 rings (SSSR count). The molecule has 0 nitrogen and oxygen atoms in total. The lowest BCUT2D eigenvalue weighted by molar-refractivity contribution is 0.797. The molecular formula is C17H24S. The maximum atomic E-state index is 3.87. The summed E-state index contributed by atoms with van der Waals surface area (Å²) in [4.78, 5) is 2.89. The van der Waals surface area contributed by atoms with Gasteiger partial charge in [0.1, 0.15) is 0 Å². The molecule has 1 aromatic carbocycles.